The zero-order chi connectivity index (χ0) is 11.7. The Bertz CT molecular complexity index is 339. The highest BCUT2D eigenvalue weighted by Gasteiger charge is 2.28. The molecule has 90 valence electrons. The summed E-state index contributed by atoms with van der Waals surface area (Å²) in [5.74, 6) is 2.16. The maximum atomic E-state index is 6.19. The lowest BCUT2D eigenvalue weighted by Gasteiger charge is -2.20. The van der Waals surface area contributed by atoms with Gasteiger partial charge in [-0.1, -0.05) is 20.8 Å². The molecule has 3 nitrogen and oxygen atoms in total. The van der Waals surface area contributed by atoms with Crippen molar-refractivity contribution in [2.75, 3.05) is 0 Å². The van der Waals surface area contributed by atoms with Crippen LogP contribution in [0.4, 0.5) is 0 Å². The number of nitrogens with zero attached hydrogens (tertiary/aromatic N) is 2. The van der Waals surface area contributed by atoms with Crippen LogP contribution in [0.1, 0.15) is 45.3 Å². The van der Waals surface area contributed by atoms with E-state index < -0.39 is 0 Å². The summed E-state index contributed by atoms with van der Waals surface area (Å²) >= 11 is 0. The Morgan fingerprint density at radius 1 is 1.44 bits per heavy atom. The molecule has 1 aromatic heterocycles. The number of aromatic nitrogens is 2. The maximum Gasteiger partial charge on any atom is 0.0948 e. The lowest BCUT2D eigenvalue weighted by molar-refractivity contribution is 0.402. The summed E-state index contributed by atoms with van der Waals surface area (Å²) in [6.45, 7) is 7.72. The molecule has 3 heteroatoms. The van der Waals surface area contributed by atoms with Crippen LogP contribution in [0.5, 0.6) is 0 Å². The van der Waals surface area contributed by atoms with Gasteiger partial charge in [0.1, 0.15) is 0 Å². The average molecular weight is 221 g/mol. The van der Waals surface area contributed by atoms with Crippen LogP contribution in [0.3, 0.4) is 0 Å². The van der Waals surface area contributed by atoms with E-state index in [9.17, 15) is 0 Å². The molecule has 0 aromatic carbocycles. The molecule has 1 fully saturated rings. The summed E-state index contributed by atoms with van der Waals surface area (Å²) in [6.07, 6.45) is 6.66. The van der Waals surface area contributed by atoms with Crippen LogP contribution >= 0.6 is 0 Å². The number of nitrogens with two attached hydrogens (primary N) is 1. The molecule has 1 aromatic rings. The van der Waals surface area contributed by atoms with Crippen LogP contribution in [0.15, 0.2) is 12.5 Å². The summed E-state index contributed by atoms with van der Waals surface area (Å²) < 4.78 is 2.24. The molecule has 1 heterocycles. The molecule has 0 bridgehead atoms. The molecule has 0 radical (unpaired) electrons. The zero-order valence-electron chi connectivity index (χ0n) is 10.6. The van der Waals surface area contributed by atoms with E-state index in [1.165, 1.54) is 18.5 Å². The zero-order valence-corrected chi connectivity index (χ0v) is 10.6. The van der Waals surface area contributed by atoms with Gasteiger partial charge >= 0.3 is 0 Å². The molecule has 2 rings (SSSR count). The fourth-order valence-electron chi connectivity index (χ4n) is 2.23. The van der Waals surface area contributed by atoms with Crippen molar-refractivity contribution in [2.24, 2.45) is 23.5 Å². The number of hydrogen-bond donors (Lipinski definition) is 1. The van der Waals surface area contributed by atoms with Crippen LogP contribution in [0, 0.1) is 17.8 Å². The maximum absolute atomic E-state index is 6.19. The van der Waals surface area contributed by atoms with Gasteiger partial charge in [0.15, 0.2) is 0 Å². The molecule has 2 atom stereocenters. The third-order valence-corrected chi connectivity index (χ3v) is 3.72. The minimum atomic E-state index is 0.105. The van der Waals surface area contributed by atoms with Crippen molar-refractivity contribution in [3.8, 4) is 0 Å². The van der Waals surface area contributed by atoms with E-state index in [2.05, 4.69) is 30.3 Å². The van der Waals surface area contributed by atoms with E-state index in [0.717, 1.165) is 18.4 Å². The van der Waals surface area contributed by atoms with Crippen LogP contribution in [0.25, 0.3) is 0 Å². The van der Waals surface area contributed by atoms with Crippen LogP contribution in [0.2, 0.25) is 0 Å². The fraction of sp³-hybridized carbons (Fsp3) is 0.769. The molecule has 0 saturated heterocycles. The molecule has 16 heavy (non-hydrogen) atoms. The Labute approximate surface area is 98.1 Å². The third-order valence-electron chi connectivity index (χ3n) is 3.72. The smallest absolute Gasteiger partial charge is 0.0948 e. The topological polar surface area (TPSA) is 43.8 Å². The molecular formula is C13H23N3. The Hall–Kier alpha value is -0.830. The predicted octanol–water partition coefficient (Wildman–Crippen LogP) is 2.59. The first kappa shape index (κ1) is 11.6. The Balaban J connectivity index is 2.05. The molecule has 1 aliphatic rings. The van der Waals surface area contributed by atoms with Gasteiger partial charge in [-0.25, -0.2) is 4.98 Å². The van der Waals surface area contributed by atoms with E-state index in [1.807, 2.05) is 12.5 Å². The van der Waals surface area contributed by atoms with E-state index >= 15 is 0 Å². The molecular weight excluding hydrogens is 198 g/mol. The number of rotatable bonds is 5. The normalized spacial score (nSPS) is 20.1. The summed E-state index contributed by atoms with van der Waals surface area (Å²) in [5.41, 5.74) is 7.37. The highest BCUT2D eigenvalue weighted by atomic mass is 15.1. The molecule has 2 N–H and O–H groups in total. The molecule has 0 amide bonds. The highest BCUT2D eigenvalue weighted by Crippen LogP contribution is 2.37. The summed E-state index contributed by atoms with van der Waals surface area (Å²) in [7, 11) is 0. The second-order valence-electron chi connectivity index (χ2n) is 5.56. The van der Waals surface area contributed by atoms with Crippen LogP contribution < -0.4 is 5.73 Å². The molecule has 0 spiro atoms. The molecule has 1 saturated carbocycles. The lowest BCUT2D eigenvalue weighted by atomic mass is 10.0. The average Bonchev–Trinajstić information content (AvgIpc) is 2.99. The first-order valence-electron chi connectivity index (χ1n) is 6.35. The molecule has 2 unspecified atom stereocenters. The predicted molar refractivity (Wildman–Crippen MR) is 65.9 cm³/mol. The van der Waals surface area contributed by atoms with Gasteiger partial charge in [-0.15, -0.1) is 0 Å². The van der Waals surface area contributed by atoms with Gasteiger partial charge in [0.05, 0.1) is 12.0 Å². The number of imidazole rings is 1. The van der Waals surface area contributed by atoms with E-state index in [0.29, 0.717) is 5.92 Å². The van der Waals surface area contributed by atoms with Crippen molar-refractivity contribution in [2.45, 2.75) is 46.2 Å². The van der Waals surface area contributed by atoms with E-state index in [4.69, 9.17) is 5.73 Å². The van der Waals surface area contributed by atoms with Gasteiger partial charge < -0.3 is 10.3 Å². The second-order valence-corrected chi connectivity index (χ2v) is 5.56. The number of hydrogen-bond acceptors (Lipinski definition) is 2. The third kappa shape index (κ3) is 2.46. The first-order chi connectivity index (χ1) is 7.59. The van der Waals surface area contributed by atoms with Crippen molar-refractivity contribution >= 4 is 0 Å². The lowest BCUT2D eigenvalue weighted by Crippen LogP contribution is -2.22. The monoisotopic (exact) mass is 221 g/mol. The highest BCUT2D eigenvalue weighted by molar-refractivity contribution is 5.05. The summed E-state index contributed by atoms with van der Waals surface area (Å²) in [4.78, 5) is 4.24. The quantitative estimate of drug-likeness (QED) is 0.830. The van der Waals surface area contributed by atoms with Crippen LogP contribution in [-0.2, 0) is 6.54 Å². The van der Waals surface area contributed by atoms with Crippen LogP contribution in [-0.4, -0.2) is 9.55 Å². The molecule has 1 aliphatic carbocycles. The van der Waals surface area contributed by atoms with Gasteiger partial charge in [0.2, 0.25) is 0 Å². The standard InChI is InChI=1S/C13H23N3/c1-9(2)13(14)12-6-15-8-16(12)7-10(3)11-4-5-11/h6,8-11,13H,4-5,7,14H2,1-3H3. The van der Waals surface area contributed by atoms with Gasteiger partial charge in [-0.2, -0.15) is 0 Å². The van der Waals surface area contributed by atoms with Crippen molar-refractivity contribution in [3.05, 3.63) is 18.2 Å². The minimum Gasteiger partial charge on any atom is -0.333 e. The van der Waals surface area contributed by atoms with Crippen molar-refractivity contribution in [1.29, 1.82) is 0 Å². The SMILES string of the molecule is CC(C)C(N)c1cncn1CC(C)C1CC1. The van der Waals surface area contributed by atoms with Gasteiger partial charge in [-0.05, 0) is 30.6 Å². The second kappa shape index (κ2) is 4.58. The summed E-state index contributed by atoms with van der Waals surface area (Å²) in [5, 5.41) is 0. The van der Waals surface area contributed by atoms with Crippen molar-refractivity contribution < 1.29 is 0 Å². The summed E-state index contributed by atoms with van der Waals surface area (Å²) in [6, 6.07) is 0.105. The van der Waals surface area contributed by atoms with Crippen molar-refractivity contribution in [1.82, 2.24) is 9.55 Å². The Morgan fingerprint density at radius 3 is 2.69 bits per heavy atom. The largest absolute Gasteiger partial charge is 0.333 e. The molecule has 0 aliphatic heterocycles. The van der Waals surface area contributed by atoms with Gasteiger partial charge in [-0.3, -0.25) is 0 Å². The van der Waals surface area contributed by atoms with Gasteiger partial charge in [0, 0.05) is 18.8 Å². The van der Waals surface area contributed by atoms with Gasteiger partial charge in [0.25, 0.3) is 0 Å². The fourth-order valence-corrected chi connectivity index (χ4v) is 2.23. The van der Waals surface area contributed by atoms with Crippen molar-refractivity contribution in [3.63, 3.8) is 0 Å². The minimum absolute atomic E-state index is 0.105. The van der Waals surface area contributed by atoms with E-state index in [-0.39, 0.29) is 6.04 Å². The Kier molecular flexibility index (Phi) is 3.33. The Morgan fingerprint density at radius 2 is 2.12 bits per heavy atom. The first-order valence-corrected chi connectivity index (χ1v) is 6.35. The van der Waals surface area contributed by atoms with E-state index in [1.54, 1.807) is 0 Å².